The number of Topliss-reactive ketones (excluding diaryl/α,β-unsaturated/α-hetero) is 1. The lowest BCUT2D eigenvalue weighted by Crippen LogP contribution is -2.51. The highest BCUT2D eigenvalue weighted by molar-refractivity contribution is 9.10. The number of carbonyl (C=O) groups is 1. The number of halogens is 2. The van der Waals surface area contributed by atoms with Gasteiger partial charge in [0.1, 0.15) is 16.7 Å². The molecule has 6 rings (SSSR count). The van der Waals surface area contributed by atoms with E-state index >= 15 is 0 Å². The third-order valence-electron chi connectivity index (χ3n) is 7.50. The maximum Gasteiger partial charge on any atom is 0.225 e. The van der Waals surface area contributed by atoms with E-state index in [-0.39, 0.29) is 16.5 Å². The zero-order chi connectivity index (χ0) is 25.3. The topological polar surface area (TPSA) is 96.8 Å². The van der Waals surface area contributed by atoms with Crippen LogP contribution in [0, 0.1) is 0 Å². The highest BCUT2D eigenvalue weighted by Gasteiger charge is 2.79. The lowest BCUT2D eigenvalue weighted by molar-refractivity contribution is -0.151. The normalized spacial score (nSPS) is 29.7. The van der Waals surface area contributed by atoms with Crippen LogP contribution in [0.15, 0.2) is 71.3 Å². The maximum atomic E-state index is 14.4. The molecule has 3 aromatic rings. The molecular weight excluding hydrogens is 568 g/mol. The quantitative estimate of drug-likeness (QED) is 0.492. The van der Waals surface area contributed by atoms with E-state index in [1.54, 1.807) is 48.5 Å². The van der Waals surface area contributed by atoms with Gasteiger partial charge in [0.25, 0.3) is 0 Å². The summed E-state index contributed by atoms with van der Waals surface area (Å²) in [5.41, 5.74) is -3.15. The van der Waals surface area contributed by atoms with Gasteiger partial charge in [0.05, 0.1) is 10.9 Å². The highest BCUT2D eigenvalue weighted by atomic mass is 79.9. The number of ether oxygens (including phenoxy) is 1. The van der Waals surface area contributed by atoms with Gasteiger partial charge in [0.15, 0.2) is 11.4 Å². The standard InChI is InChI=1S/C26H22BrClN2O5S/c27-18-10-8-17(9-11-18)26-21(16-6-2-1-3-7-16)22(36(33,34)30-12-4-5-13-30)24(31)25(26,32)23-20(35-26)14-19(28)15-29-23/h1-3,6-11,14-15,21-22,32H,4-5,12-13H2. The minimum atomic E-state index is -4.15. The molecule has 2 aliphatic heterocycles. The molecule has 36 heavy (non-hydrogen) atoms. The largest absolute Gasteiger partial charge is 0.476 e. The summed E-state index contributed by atoms with van der Waals surface area (Å²) in [6.45, 7) is 0.672. The van der Waals surface area contributed by atoms with Crippen molar-refractivity contribution in [2.24, 2.45) is 0 Å². The van der Waals surface area contributed by atoms with Gasteiger partial charge in [-0.05, 0) is 36.1 Å². The number of pyridine rings is 1. The zero-order valence-electron chi connectivity index (χ0n) is 19.0. The molecule has 0 radical (unpaired) electrons. The Balaban J connectivity index is 1.69. The molecule has 1 N–H and O–H groups in total. The number of hydrogen-bond acceptors (Lipinski definition) is 6. The minimum Gasteiger partial charge on any atom is -0.476 e. The first-order chi connectivity index (χ1) is 17.2. The van der Waals surface area contributed by atoms with Crippen LogP contribution in [0.1, 0.15) is 35.6 Å². The van der Waals surface area contributed by atoms with Crippen molar-refractivity contribution in [1.82, 2.24) is 9.29 Å². The smallest absolute Gasteiger partial charge is 0.225 e. The molecule has 3 heterocycles. The van der Waals surface area contributed by atoms with Crippen molar-refractivity contribution in [3.8, 4) is 5.75 Å². The number of ketones is 1. The molecule has 0 amide bonds. The number of benzene rings is 2. The number of nitrogens with zero attached hydrogens (tertiary/aromatic N) is 2. The van der Waals surface area contributed by atoms with Gasteiger partial charge < -0.3 is 9.84 Å². The summed E-state index contributed by atoms with van der Waals surface area (Å²) < 4.78 is 36.9. The first-order valence-electron chi connectivity index (χ1n) is 11.6. The minimum absolute atomic E-state index is 0.0279. The van der Waals surface area contributed by atoms with E-state index in [9.17, 15) is 18.3 Å². The second-order valence-electron chi connectivity index (χ2n) is 9.38. The van der Waals surface area contributed by atoms with E-state index in [4.69, 9.17) is 16.3 Å². The van der Waals surface area contributed by atoms with Gasteiger partial charge in [-0.25, -0.2) is 12.7 Å². The molecule has 0 spiro atoms. The number of sulfonamides is 1. The van der Waals surface area contributed by atoms with Gasteiger partial charge in [0.2, 0.25) is 15.6 Å². The predicted octanol–water partition coefficient (Wildman–Crippen LogP) is 4.13. The summed E-state index contributed by atoms with van der Waals surface area (Å²) in [5.74, 6) is -1.75. The van der Waals surface area contributed by atoms with Crippen LogP contribution in [0.2, 0.25) is 5.02 Å². The van der Waals surface area contributed by atoms with Crippen molar-refractivity contribution in [3.05, 3.63) is 93.2 Å². The summed E-state index contributed by atoms with van der Waals surface area (Å²) in [4.78, 5) is 18.7. The Bertz CT molecular complexity index is 1460. The third kappa shape index (κ3) is 3.13. The second kappa shape index (κ2) is 8.36. The molecule has 3 aliphatic rings. The molecule has 10 heteroatoms. The average Bonchev–Trinajstić information content (AvgIpc) is 3.54. The first kappa shape index (κ1) is 24.1. The Morgan fingerprint density at radius 2 is 1.75 bits per heavy atom. The van der Waals surface area contributed by atoms with Crippen molar-refractivity contribution in [3.63, 3.8) is 0 Å². The van der Waals surface area contributed by atoms with Crippen LogP contribution in [-0.4, -0.2) is 46.9 Å². The molecule has 1 aliphatic carbocycles. The molecule has 2 fully saturated rings. The van der Waals surface area contributed by atoms with E-state index in [1.165, 1.54) is 16.6 Å². The van der Waals surface area contributed by atoms with Crippen LogP contribution in [0.5, 0.6) is 5.75 Å². The lowest BCUT2D eigenvalue weighted by Gasteiger charge is -2.39. The van der Waals surface area contributed by atoms with Gasteiger partial charge in [0, 0.05) is 29.8 Å². The molecule has 7 nitrogen and oxygen atoms in total. The van der Waals surface area contributed by atoms with Crippen LogP contribution in [0.25, 0.3) is 0 Å². The number of aliphatic hydroxyl groups is 1. The van der Waals surface area contributed by atoms with E-state index in [2.05, 4.69) is 20.9 Å². The summed E-state index contributed by atoms with van der Waals surface area (Å²) >= 11 is 9.63. The molecule has 1 saturated carbocycles. The van der Waals surface area contributed by atoms with Crippen molar-refractivity contribution in [2.75, 3.05) is 13.1 Å². The first-order valence-corrected chi connectivity index (χ1v) is 14.3. The van der Waals surface area contributed by atoms with E-state index in [0.717, 1.165) is 17.3 Å². The number of aromatic nitrogens is 1. The van der Waals surface area contributed by atoms with Crippen LogP contribution in [0.3, 0.4) is 0 Å². The Hall–Kier alpha value is -2.30. The van der Waals surface area contributed by atoms with Crippen LogP contribution in [0.4, 0.5) is 0 Å². The molecule has 186 valence electrons. The summed E-state index contributed by atoms with van der Waals surface area (Å²) in [6, 6.07) is 17.4. The molecule has 4 unspecified atom stereocenters. The van der Waals surface area contributed by atoms with Gasteiger partial charge >= 0.3 is 0 Å². The Kier molecular flexibility index (Phi) is 5.59. The Labute approximate surface area is 222 Å². The number of hydrogen-bond donors (Lipinski definition) is 1. The van der Waals surface area contributed by atoms with Gasteiger partial charge in [-0.2, -0.15) is 0 Å². The van der Waals surface area contributed by atoms with E-state index in [1.807, 2.05) is 6.07 Å². The van der Waals surface area contributed by atoms with Gasteiger partial charge in [-0.1, -0.05) is 70.0 Å². The summed E-state index contributed by atoms with van der Waals surface area (Å²) in [5, 5.41) is 11.1. The van der Waals surface area contributed by atoms with Crippen molar-refractivity contribution < 1.29 is 23.1 Å². The SMILES string of the molecule is O=C1C(S(=O)(=O)N2CCCC2)C(c2ccccc2)C2(c3ccc(Br)cc3)Oc3cc(Cl)cnc3C12O. The Morgan fingerprint density at radius 3 is 2.42 bits per heavy atom. The highest BCUT2D eigenvalue weighted by Crippen LogP contribution is 2.66. The molecule has 2 aromatic carbocycles. The monoisotopic (exact) mass is 588 g/mol. The molecule has 4 atom stereocenters. The van der Waals surface area contributed by atoms with Crippen LogP contribution < -0.4 is 4.74 Å². The number of carbonyl (C=O) groups excluding carboxylic acids is 1. The Morgan fingerprint density at radius 1 is 1.08 bits per heavy atom. The van der Waals surface area contributed by atoms with E-state index in [0.29, 0.717) is 24.2 Å². The average molecular weight is 590 g/mol. The molecule has 0 bridgehead atoms. The fourth-order valence-corrected chi connectivity index (χ4v) is 8.61. The van der Waals surface area contributed by atoms with Crippen LogP contribution >= 0.6 is 27.5 Å². The zero-order valence-corrected chi connectivity index (χ0v) is 22.1. The molecule has 1 aromatic heterocycles. The van der Waals surface area contributed by atoms with Crippen molar-refractivity contribution in [1.29, 1.82) is 0 Å². The van der Waals surface area contributed by atoms with Crippen LogP contribution in [-0.2, 0) is 26.0 Å². The molecular formula is C26H22BrClN2O5S. The summed E-state index contributed by atoms with van der Waals surface area (Å²) in [6.07, 6.45) is 2.77. The summed E-state index contributed by atoms with van der Waals surface area (Å²) in [7, 11) is -4.15. The van der Waals surface area contributed by atoms with Gasteiger partial charge in [-0.15, -0.1) is 0 Å². The number of fused-ring (bicyclic) bond motifs is 3. The number of rotatable bonds is 4. The van der Waals surface area contributed by atoms with E-state index < -0.39 is 38.2 Å². The predicted molar refractivity (Wildman–Crippen MR) is 137 cm³/mol. The molecule has 1 saturated heterocycles. The maximum absolute atomic E-state index is 14.4. The lowest BCUT2D eigenvalue weighted by atomic mass is 9.72. The fourth-order valence-electron chi connectivity index (χ4n) is 5.98. The van der Waals surface area contributed by atoms with Crippen molar-refractivity contribution >= 4 is 43.3 Å². The van der Waals surface area contributed by atoms with Gasteiger partial charge in [-0.3, -0.25) is 9.78 Å². The third-order valence-corrected chi connectivity index (χ3v) is 10.5. The fraction of sp³-hybridized carbons (Fsp3) is 0.308. The van der Waals surface area contributed by atoms with Crippen molar-refractivity contribution in [2.45, 2.75) is 35.2 Å². The second-order valence-corrected chi connectivity index (χ2v) is 12.8.